The largest absolute Gasteiger partial charge is 0.481 e. The van der Waals surface area contributed by atoms with Crippen molar-refractivity contribution < 1.29 is 18.3 Å². The fourth-order valence-electron chi connectivity index (χ4n) is 1.49. The van der Waals surface area contributed by atoms with Crippen molar-refractivity contribution in [1.82, 2.24) is 4.98 Å². The molecule has 1 amide bonds. The van der Waals surface area contributed by atoms with E-state index in [9.17, 15) is 13.6 Å². The van der Waals surface area contributed by atoms with E-state index in [1.54, 1.807) is 12.1 Å². The zero-order valence-corrected chi connectivity index (χ0v) is 12.5. The quantitative estimate of drug-likeness (QED) is 0.911. The van der Waals surface area contributed by atoms with E-state index in [-0.39, 0.29) is 5.75 Å². The van der Waals surface area contributed by atoms with Crippen molar-refractivity contribution in [3.05, 3.63) is 52.6 Å². The Kier molecular flexibility index (Phi) is 4.85. The second-order valence-corrected chi connectivity index (χ2v) is 5.10. The third kappa shape index (κ3) is 4.22. The lowest BCUT2D eigenvalue weighted by Crippen LogP contribution is -2.30. The molecule has 1 N–H and O–H groups in total. The molecule has 0 saturated heterocycles. The third-order valence-corrected chi connectivity index (χ3v) is 3.02. The van der Waals surface area contributed by atoms with Crippen molar-refractivity contribution in [2.24, 2.45) is 0 Å². The monoisotopic (exact) mass is 356 g/mol. The summed E-state index contributed by atoms with van der Waals surface area (Å²) in [6, 6.07) is 6.42. The summed E-state index contributed by atoms with van der Waals surface area (Å²) in [5.74, 6) is -2.02. The number of carbonyl (C=O) groups is 1. The van der Waals surface area contributed by atoms with Crippen molar-refractivity contribution in [3.8, 4) is 5.75 Å². The molecule has 7 heteroatoms. The Hall–Kier alpha value is -2.02. The topological polar surface area (TPSA) is 51.2 Å². The van der Waals surface area contributed by atoms with Crippen LogP contribution in [0.15, 0.2) is 41.0 Å². The fraction of sp³-hybridized carbons (Fsp3) is 0.143. The number of nitrogens with zero attached hydrogens (tertiary/aromatic N) is 1. The maximum absolute atomic E-state index is 13.0. The third-order valence-electron chi connectivity index (χ3n) is 2.55. The Labute approximate surface area is 128 Å². The highest BCUT2D eigenvalue weighted by Crippen LogP contribution is 2.17. The number of anilines is 1. The molecule has 0 saturated carbocycles. The number of pyridine rings is 1. The Morgan fingerprint density at radius 3 is 2.67 bits per heavy atom. The van der Waals surface area contributed by atoms with Crippen molar-refractivity contribution in [1.29, 1.82) is 0 Å². The lowest BCUT2D eigenvalue weighted by molar-refractivity contribution is -0.122. The molecule has 1 aromatic heterocycles. The maximum Gasteiger partial charge on any atom is 0.266 e. The average Bonchev–Trinajstić information content (AvgIpc) is 2.45. The molecule has 4 nitrogen and oxygen atoms in total. The molecule has 1 heterocycles. The lowest BCUT2D eigenvalue weighted by atomic mass is 10.3. The van der Waals surface area contributed by atoms with Gasteiger partial charge in [0.1, 0.15) is 11.6 Å². The van der Waals surface area contributed by atoms with Crippen LogP contribution in [0.4, 0.5) is 14.6 Å². The van der Waals surface area contributed by atoms with Crippen molar-refractivity contribution in [3.63, 3.8) is 0 Å². The molecule has 21 heavy (non-hydrogen) atoms. The van der Waals surface area contributed by atoms with E-state index in [2.05, 4.69) is 26.2 Å². The zero-order chi connectivity index (χ0) is 15.4. The van der Waals surface area contributed by atoms with Gasteiger partial charge in [-0.25, -0.2) is 13.8 Å². The molecule has 2 aromatic rings. The molecular formula is C14H11BrF2N2O2. The molecule has 0 bridgehead atoms. The standard InChI is InChI=1S/C14H11BrF2N2O2/c1-8(21-10-3-4-11(16)12(17)6-10)14(20)19-13-5-2-9(15)7-18-13/h2-8H,1H3,(H,18,19,20). The van der Waals surface area contributed by atoms with Crippen LogP contribution >= 0.6 is 15.9 Å². The predicted octanol–water partition coefficient (Wildman–Crippen LogP) is 3.53. The first kappa shape index (κ1) is 15.4. The summed E-state index contributed by atoms with van der Waals surface area (Å²) in [5.41, 5.74) is 0. The second kappa shape index (κ2) is 6.62. The summed E-state index contributed by atoms with van der Waals surface area (Å²) < 4.78 is 31.9. The molecular weight excluding hydrogens is 346 g/mol. The van der Waals surface area contributed by atoms with Gasteiger partial charge in [0.05, 0.1) is 0 Å². The van der Waals surface area contributed by atoms with Crippen LogP contribution < -0.4 is 10.1 Å². The Balaban J connectivity index is 1.98. The number of hydrogen-bond acceptors (Lipinski definition) is 3. The van der Waals surface area contributed by atoms with Crippen LogP contribution in [-0.2, 0) is 4.79 Å². The number of amides is 1. The van der Waals surface area contributed by atoms with E-state index >= 15 is 0 Å². The first-order chi connectivity index (χ1) is 9.95. The molecule has 0 spiro atoms. The van der Waals surface area contributed by atoms with Crippen LogP contribution in [0.5, 0.6) is 5.75 Å². The van der Waals surface area contributed by atoms with Gasteiger partial charge in [0.15, 0.2) is 17.7 Å². The number of carbonyl (C=O) groups excluding carboxylic acids is 1. The highest BCUT2D eigenvalue weighted by Gasteiger charge is 2.16. The van der Waals surface area contributed by atoms with Gasteiger partial charge in [0.25, 0.3) is 5.91 Å². The number of halogens is 3. The van der Waals surface area contributed by atoms with Gasteiger partial charge in [0.2, 0.25) is 0 Å². The molecule has 1 unspecified atom stereocenters. The number of ether oxygens (including phenoxy) is 1. The van der Waals surface area contributed by atoms with Gasteiger partial charge in [-0.05, 0) is 47.1 Å². The van der Waals surface area contributed by atoms with Crippen molar-refractivity contribution in [2.75, 3.05) is 5.32 Å². The molecule has 0 aliphatic rings. The predicted molar refractivity (Wildman–Crippen MR) is 77.0 cm³/mol. The molecule has 0 radical (unpaired) electrons. The van der Waals surface area contributed by atoms with Gasteiger partial charge in [-0.3, -0.25) is 4.79 Å². The van der Waals surface area contributed by atoms with Crippen LogP contribution in [0.25, 0.3) is 0 Å². The number of aromatic nitrogens is 1. The number of hydrogen-bond donors (Lipinski definition) is 1. The normalized spacial score (nSPS) is 11.8. The summed E-state index contributed by atoms with van der Waals surface area (Å²) in [6.07, 6.45) is 0.650. The minimum absolute atomic E-state index is 0.0697. The fourth-order valence-corrected chi connectivity index (χ4v) is 1.72. The second-order valence-electron chi connectivity index (χ2n) is 4.19. The lowest BCUT2D eigenvalue weighted by Gasteiger charge is -2.14. The highest BCUT2D eigenvalue weighted by atomic mass is 79.9. The van der Waals surface area contributed by atoms with E-state index in [0.29, 0.717) is 5.82 Å². The van der Waals surface area contributed by atoms with E-state index in [1.165, 1.54) is 19.2 Å². The van der Waals surface area contributed by atoms with Gasteiger partial charge in [-0.15, -0.1) is 0 Å². The minimum Gasteiger partial charge on any atom is -0.481 e. The smallest absolute Gasteiger partial charge is 0.266 e. The van der Waals surface area contributed by atoms with E-state index in [1.807, 2.05) is 0 Å². The van der Waals surface area contributed by atoms with E-state index < -0.39 is 23.6 Å². The Morgan fingerprint density at radius 1 is 1.29 bits per heavy atom. The molecule has 0 aliphatic heterocycles. The van der Waals surface area contributed by atoms with E-state index in [0.717, 1.165) is 16.6 Å². The van der Waals surface area contributed by atoms with Crippen molar-refractivity contribution >= 4 is 27.7 Å². The average molecular weight is 357 g/mol. The van der Waals surface area contributed by atoms with Crippen LogP contribution in [0.3, 0.4) is 0 Å². The van der Waals surface area contributed by atoms with Gasteiger partial charge < -0.3 is 10.1 Å². The first-order valence-electron chi connectivity index (χ1n) is 6.00. The van der Waals surface area contributed by atoms with Gasteiger partial charge in [0, 0.05) is 16.7 Å². The van der Waals surface area contributed by atoms with Gasteiger partial charge in [-0.2, -0.15) is 0 Å². The number of nitrogens with one attached hydrogen (secondary N) is 1. The van der Waals surface area contributed by atoms with Gasteiger partial charge >= 0.3 is 0 Å². The zero-order valence-electron chi connectivity index (χ0n) is 10.9. The first-order valence-corrected chi connectivity index (χ1v) is 6.79. The Bertz CT molecular complexity index is 650. The SMILES string of the molecule is CC(Oc1ccc(F)c(F)c1)C(=O)Nc1ccc(Br)cn1. The van der Waals surface area contributed by atoms with E-state index in [4.69, 9.17) is 4.74 Å². The summed E-state index contributed by atoms with van der Waals surface area (Å²) >= 11 is 3.23. The van der Waals surface area contributed by atoms with Crippen LogP contribution in [0.2, 0.25) is 0 Å². The molecule has 0 fully saturated rings. The maximum atomic E-state index is 13.0. The van der Waals surface area contributed by atoms with Crippen LogP contribution in [0, 0.1) is 11.6 Å². The minimum atomic E-state index is -1.03. The summed E-state index contributed by atoms with van der Waals surface area (Å²) in [6.45, 7) is 1.50. The molecule has 1 atom stereocenters. The van der Waals surface area contributed by atoms with Gasteiger partial charge in [-0.1, -0.05) is 0 Å². The Morgan fingerprint density at radius 2 is 2.05 bits per heavy atom. The van der Waals surface area contributed by atoms with Crippen LogP contribution in [0.1, 0.15) is 6.92 Å². The molecule has 2 rings (SSSR count). The summed E-state index contributed by atoms with van der Waals surface area (Å²) in [7, 11) is 0. The molecule has 110 valence electrons. The number of rotatable bonds is 4. The van der Waals surface area contributed by atoms with Crippen molar-refractivity contribution in [2.45, 2.75) is 13.0 Å². The molecule has 1 aromatic carbocycles. The summed E-state index contributed by atoms with van der Waals surface area (Å²) in [4.78, 5) is 15.9. The highest BCUT2D eigenvalue weighted by molar-refractivity contribution is 9.10. The summed E-state index contributed by atoms with van der Waals surface area (Å²) in [5, 5.41) is 2.55. The van der Waals surface area contributed by atoms with Crippen LogP contribution in [-0.4, -0.2) is 17.0 Å². The molecule has 0 aliphatic carbocycles. The number of benzene rings is 1.